The predicted octanol–water partition coefficient (Wildman–Crippen LogP) is 3.70. The third-order valence-electron chi connectivity index (χ3n) is 5.62. The molecule has 1 aliphatic rings. The van der Waals surface area contributed by atoms with Crippen molar-refractivity contribution >= 4 is 16.9 Å². The van der Waals surface area contributed by atoms with Gasteiger partial charge in [-0.25, -0.2) is 8.78 Å². The number of amides is 1. The lowest BCUT2D eigenvalue weighted by molar-refractivity contribution is 0.0718. The molecule has 1 fully saturated rings. The van der Waals surface area contributed by atoms with Gasteiger partial charge in [-0.1, -0.05) is 25.0 Å². The largest absolute Gasteiger partial charge is 0.391 e. The Morgan fingerprint density at radius 1 is 1.28 bits per heavy atom. The first kappa shape index (κ1) is 19.5. The van der Waals surface area contributed by atoms with Crippen LogP contribution in [0.25, 0.3) is 11.0 Å². The van der Waals surface area contributed by atoms with Crippen molar-refractivity contribution in [3.05, 3.63) is 65.0 Å². The Morgan fingerprint density at radius 3 is 2.86 bits per heavy atom. The van der Waals surface area contributed by atoms with Crippen molar-refractivity contribution < 1.29 is 18.7 Å². The van der Waals surface area contributed by atoms with Gasteiger partial charge in [0.1, 0.15) is 5.52 Å². The highest BCUT2D eigenvalue weighted by atomic mass is 19.2. The van der Waals surface area contributed by atoms with Crippen LogP contribution in [0.1, 0.15) is 47.2 Å². The summed E-state index contributed by atoms with van der Waals surface area (Å²) in [4.78, 5) is 17.3. The van der Waals surface area contributed by atoms with Crippen LogP contribution in [0.15, 0.2) is 36.7 Å². The zero-order valence-electron chi connectivity index (χ0n) is 16.2. The van der Waals surface area contributed by atoms with E-state index in [0.29, 0.717) is 23.0 Å². The molecule has 2 atom stereocenters. The van der Waals surface area contributed by atoms with Crippen molar-refractivity contribution in [2.24, 2.45) is 0 Å². The van der Waals surface area contributed by atoms with E-state index in [1.165, 1.54) is 12.1 Å². The van der Waals surface area contributed by atoms with Crippen molar-refractivity contribution in [2.75, 3.05) is 0 Å². The zero-order valence-corrected chi connectivity index (χ0v) is 16.2. The van der Waals surface area contributed by atoms with Gasteiger partial charge >= 0.3 is 0 Å². The number of aryl methyl sites for hydroxylation is 1. The molecule has 1 aliphatic carbocycles. The summed E-state index contributed by atoms with van der Waals surface area (Å²) in [7, 11) is 0. The molecule has 152 valence electrons. The van der Waals surface area contributed by atoms with Crippen molar-refractivity contribution in [3.63, 3.8) is 0 Å². The summed E-state index contributed by atoms with van der Waals surface area (Å²) in [6, 6.07) is 5.58. The third-order valence-corrected chi connectivity index (χ3v) is 5.62. The topological polar surface area (TPSA) is 67.2 Å². The first-order valence-electron chi connectivity index (χ1n) is 9.82. The number of nitrogens with one attached hydrogen (secondary N) is 1. The summed E-state index contributed by atoms with van der Waals surface area (Å²) in [6.45, 7) is 1.96. The second kappa shape index (κ2) is 7.91. The van der Waals surface area contributed by atoms with E-state index in [9.17, 15) is 18.7 Å². The molecule has 0 saturated heterocycles. The Kier molecular flexibility index (Phi) is 5.32. The molecule has 2 N–H and O–H groups in total. The average Bonchev–Trinajstić information content (AvgIpc) is 3.07. The molecular weight excluding hydrogens is 376 g/mol. The Morgan fingerprint density at radius 2 is 2.07 bits per heavy atom. The van der Waals surface area contributed by atoms with Crippen LogP contribution in [0.5, 0.6) is 0 Å². The van der Waals surface area contributed by atoms with Gasteiger partial charge in [-0.15, -0.1) is 0 Å². The van der Waals surface area contributed by atoms with Crippen molar-refractivity contribution in [1.29, 1.82) is 0 Å². The lowest BCUT2D eigenvalue weighted by Gasteiger charge is -2.28. The van der Waals surface area contributed by atoms with Crippen molar-refractivity contribution in [2.45, 2.75) is 51.3 Å². The van der Waals surface area contributed by atoms with Crippen LogP contribution < -0.4 is 5.32 Å². The van der Waals surface area contributed by atoms with E-state index in [4.69, 9.17) is 0 Å². The first-order valence-corrected chi connectivity index (χ1v) is 9.82. The third kappa shape index (κ3) is 3.74. The van der Waals surface area contributed by atoms with Gasteiger partial charge in [-0.3, -0.25) is 9.78 Å². The normalized spacial score (nSPS) is 19.4. The molecule has 1 unspecified atom stereocenters. The fourth-order valence-corrected chi connectivity index (χ4v) is 4.06. The Hall–Kier alpha value is -2.80. The van der Waals surface area contributed by atoms with Crippen LogP contribution in [-0.2, 0) is 6.54 Å². The highest BCUT2D eigenvalue weighted by Crippen LogP contribution is 2.26. The zero-order chi connectivity index (χ0) is 20.5. The summed E-state index contributed by atoms with van der Waals surface area (Å²) in [5.41, 5.74) is 2.64. The highest BCUT2D eigenvalue weighted by Gasteiger charge is 2.27. The van der Waals surface area contributed by atoms with Gasteiger partial charge in [0.05, 0.1) is 29.8 Å². The summed E-state index contributed by atoms with van der Waals surface area (Å²) < 4.78 is 29.5. The number of pyridine rings is 1. The molecule has 0 spiro atoms. The maximum absolute atomic E-state index is 14.2. The van der Waals surface area contributed by atoms with Crippen molar-refractivity contribution in [3.8, 4) is 0 Å². The van der Waals surface area contributed by atoms with Gasteiger partial charge in [-0.05, 0) is 37.5 Å². The molecule has 2 heterocycles. The van der Waals surface area contributed by atoms with E-state index < -0.39 is 17.7 Å². The molecule has 7 heteroatoms. The van der Waals surface area contributed by atoms with Crippen LogP contribution in [0.4, 0.5) is 8.78 Å². The minimum Gasteiger partial charge on any atom is -0.391 e. The molecule has 1 saturated carbocycles. The number of fused-ring (bicyclic) bond motifs is 1. The Labute approximate surface area is 167 Å². The maximum Gasteiger partial charge on any atom is 0.255 e. The Bertz CT molecular complexity index is 1060. The molecule has 5 nitrogen and oxygen atoms in total. The second-order valence-electron chi connectivity index (χ2n) is 7.64. The first-order chi connectivity index (χ1) is 14.0. The average molecular weight is 399 g/mol. The molecule has 4 rings (SSSR count). The van der Waals surface area contributed by atoms with E-state index >= 15 is 0 Å². The lowest BCUT2D eigenvalue weighted by atomic mass is 9.92. The number of carbonyl (C=O) groups excluding carboxylic acids is 1. The molecule has 29 heavy (non-hydrogen) atoms. The monoisotopic (exact) mass is 399 g/mol. The van der Waals surface area contributed by atoms with E-state index in [-0.39, 0.29) is 24.1 Å². The van der Waals surface area contributed by atoms with Crippen LogP contribution in [0.2, 0.25) is 0 Å². The molecule has 1 amide bonds. The van der Waals surface area contributed by atoms with Crippen LogP contribution >= 0.6 is 0 Å². The number of aliphatic hydroxyl groups is 1. The van der Waals surface area contributed by atoms with Gasteiger partial charge in [0.25, 0.3) is 5.91 Å². The number of aromatic nitrogens is 2. The number of hydrogen-bond donors (Lipinski definition) is 2. The number of aliphatic hydroxyl groups excluding tert-OH is 1. The van der Waals surface area contributed by atoms with Gasteiger partial charge in [-0.2, -0.15) is 0 Å². The maximum atomic E-state index is 14.2. The van der Waals surface area contributed by atoms with E-state index in [1.54, 1.807) is 17.0 Å². The predicted molar refractivity (Wildman–Crippen MR) is 106 cm³/mol. The quantitative estimate of drug-likeness (QED) is 0.703. The molecule has 0 radical (unpaired) electrons. The Balaban J connectivity index is 1.71. The number of rotatable bonds is 4. The molecule has 0 bridgehead atoms. The molecule has 3 aromatic rings. The molecule has 2 aromatic heterocycles. The molecule has 0 aliphatic heterocycles. The fraction of sp³-hybridized carbons (Fsp3) is 0.364. The van der Waals surface area contributed by atoms with Crippen molar-refractivity contribution in [1.82, 2.24) is 14.9 Å². The van der Waals surface area contributed by atoms with Gasteiger partial charge in [0, 0.05) is 18.0 Å². The van der Waals surface area contributed by atoms with Crippen LogP contribution in [0.3, 0.4) is 0 Å². The summed E-state index contributed by atoms with van der Waals surface area (Å²) in [6.07, 6.45) is 6.00. The summed E-state index contributed by atoms with van der Waals surface area (Å²) in [5, 5.41) is 13.1. The van der Waals surface area contributed by atoms with Crippen LogP contribution in [0, 0.1) is 18.6 Å². The number of halogens is 2. The minimum atomic E-state index is -0.905. The number of carbonyl (C=O) groups is 1. The highest BCUT2D eigenvalue weighted by molar-refractivity contribution is 6.06. The van der Waals surface area contributed by atoms with Gasteiger partial charge in [0.15, 0.2) is 11.6 Å². The second-order valence-corrected chi connectivity index (χ2v) is 7.64. The number of hydrogen-bond acceptors (Lipinski definition) is 3. The minimum absolute atomic E-state index is 0.0754. The summed E-state index contributed by atoms with van der Waals surface area (Å²) >= 11 is 0. The number of nitrogens with zero attached hydrogens (tertiary/aromatic N) is 2. The van der Waals surface area contributed by atoms with E-state index in [1.807, 2.05) is 13.0 Å². The van der Waals surface area contributed by atoms with Gasteiger partial charge in [0.2, 0.25) is 0 Å². The lowest BCUT2D eigenvalue weighted by Crippen LogP contribution is -2.45. The van der Waals surface area contributed by atoms with E-state index in [2.05, 4.69) is 10.3 Å². The van der Waals surface area contributed by atoms with Crippen LogP contribution in [-0.4, -0.2) is 32.7 Å². The van der Waals surface area contributed by atoms with Gasteiger partial charge < -0.3 is 15.0 Å². The standard InChI is InChI=1S/C22H23F2N3O2/c1-13-9-10-25-20-15(22(29)26-17-7-2-3-8-18(17)28)12-27(21(13)20)11-14-5-4-6-16(23)19(14)24/h4-6,9-10,12,17-18,28H,2-3,7-8,11H2,1H3,(H,26,29)/t17?,18-/m0/s1. The fourth-order valence-electron chi connectivity index (χ4n) is 4.06. The van der Waals surface area contributed by atoms with E-state index in [0.717, 1.165) is 30.9 Å². The smallest absolute Gasteiger partial charge is 0.255 e. The SMILES string of the molecule is Cc1ccnc2c(C(=O)NC3CCCC[C@@H]3O)cn(Cc3cccc(F)c3F)c12. The molecular formula is C22H23F2N3O2. The summed E-state index contributed by atoms with van der Waals surface area (Å²) in [5.74, 6) is -2.12. The number of benzene rings is 1. The molecule has 1 aromatic carbocycles.